The van der Waals surface area contributed by atoms with E-state index in [1.165, 1.54) is 18.4 Å². The summed E-state index contributed by atoms with van der Waals surface area (Å²) >= 11 is 0. The summed E-state index contributed by atoms with van der Waals surface area (Å²) in [5.41, 5.74) is 7.86. The number of hydrogen-bond acceptors (Lipinski definition) is 2. The van der Waals surface area contributed by atoms with Gasteiger partial charge in [-0.05, 0) is 42.7 Å². The molecule has 0 spiro atoms. The third kappa shape index (κ3) is 1.68. The molecule has 0 amide bonds. The summed E-state index contributed by atoms with van der Waals surface area (Å²) in [7, 11) is 0. The van der Waals surface area contributed by atoms with Gasteiger partial charge in [0.2, 0.25) is 0 Å². The summed E-state index contributed by atoms with van der Waals surface area (Å²) in [4.78, 5) is 0. The minimum atomic E-state index is -0.512. The lowest BCUT2D eigenvalue weighted by Gasteiger charge is -2.13. The minimum absolute atomic E-state index is 0.202. The van der Waals surface area contributed by atoms with Gasteiger partial charge < -0.3 is 10.8 Å². The van der Waals surface area contributed by atoms with E-state index in [4.69, 9.17) is 5.73 Å². The van der Waals surface area contributed by atoms with Crippen LogP contribution in [-0.2, 0) is 5.60 Å². The maximum atomic E-state index is 9.92. The van der Waals surface area contributed by atoms with Crippen molar-refractivity contribution in [3.05, 3.63) is 35.4 Å². The van der Waals surface area contributed by atoms with Gasteiger partial charge in [-0.2, -0.15) is 0 Å². The Balaban J connectivity index is 1.80. The average Bonchev–Trinajstić information content (AvgIpc) is 3.11. The maximum absolute atomic E-state index is 9.92. The van der Waals surface area contributed by atoms with Crippen molar-refractivity contribution in [2.45, 2.75) is 37.3 Å². The Morgan fingerprint density at radius 1 is 1.20 bits per heavy atom. The molecule has 3 rings (SSSR count). The zero-order valence-corrected chi connectivity index (χ0v) is 8.82. The average molecular weight is 203 g/mol. The lowest BCUT2D eigenvalue weighted by atomic mass is 9.99. The molecular weight excluding hydrogens is 186 g/mol. The largest absolute Gasteiger partial charge is 0.385 e. The highest BCUT2D eigenvalue weighted by Gasteiger charge is 2.42. The van der Waals surface area contributed by atoms with Crippen molar-refractivity contribution in [3.63, 3.8) is 0 Å². The normalized spacial score (nSPS) is 24.9. The fourth-order valence-electron chi connectivity index (χ4n) is 2.15. The standard InChI is InChI=1S/C13H17NO/c14-12(9-1-2-9)10-3-5-11(6-4-10)13(15)7-8-13/h3-6,9,12,15H,1-2,7-8,14H2. The Kier molecular flexibility index (Phi) is 1.91. The maximum Gasteiger partial charge on any atom is 0.0899 e. The van der Waals surface area contributed by atoms with E-state index in [1.807, 2.05) is 12.1 Å². The molecule has 0 bridgehead atoms. The van der Waals surface area contributed by atoms with Crippen molar-refractivity contribution in [3.8, 4) is 0 Å². The van der Waals surface area contributed by atoms with Crippen molar-refractivity contribution in [2.75, 3.05) is 0 Å². The molecule has 0 saturated heterocycles. The van der Waals surface area contributed by atoms with E-state index in [-0.39, 0.29) is 6.04 Å². The molecule has 2 fully saturated rings. The number of hydrogen-bond donors (Lipinski definition) is 2. The van der Waals surface area contributed by atoms with Crippen molar-refractivity contribution < 1.29 is 5.11 Å². The first-order valence-electron chi connectivity index (χ1n) is 5.77. The summed E-state index contributed by atoms with van der Waals surface area (Å²) in [6.07, 6.45) is 4.35. The van der Waals surface area contributed by atoms with E-state index in [9.17, 15) is 5.11 Å². The molecular formula is C13H17NO. The fourth-order valence-corrected chi connectivity index (χ4v) is 2.15. The van der Waals surface area contributed by atoms with Gasteiger partial charge in [0, 0.05) is 6.04 Å². The quantitative estimate of drug-likeness (QED) is 0.790. The zero-order valence-electron chi connectivity index (χ0n) is 8.82. The summed E-state index contributed by atoms with van der Waals surface area (Å²) in [5, 5.41) is 9.92. The molecule has 80 valence electrons. The monoisotopic (exact) mass is 203 g/mol. The predicted octanol–water partition coefficient (Wildman–Crippen LogP) is 2.08. The lowest BCUT2D eigenvalue weighted by Crippen LogP contribution is -2.13. The zero-order chi connectivity index (χ0) is 10.5. The third-order valence-electron chi connectivity index (χ3n) is 3.69. The van der Waals surface area contributed by atoms with Crippen molar-refractivity contribution in [1.29, 1.82) is 0 Å². The van der Waals surface area contributed by atoms with Gasteiger partial charge in [0.15, 0.2) is 0 Å². The molecule has 0 aliphatic heterocycles. The van der Waals surface area contributed by atoms with E-state index in [0.717, 1.165) is 18.4 Å². The van der Waals surface area contributed by atoms with Gasteiger partial charge >= 0.3 is 0 Å². The SMILES string of the molecule is NC(c1ccc(C2(O)CC2)cc1)C1CC1. The Bertz CT molecular complexity index is 363. The van der Waals surface area contributed by atoms with Gasteiger partial charge in [0.05, 0.1) is 5.60 Å². The molecule has 2 aliphatic carbocycles. The van der Waals surface area contributed by atoms with Crippen LogP contribution in [0.4, 0.5) is 0 Å². The minimum Gasteiger partial charge on any atom is -0.385 e. The number of rotatable bonds is 3. The molecule has 0 radical (unpaired) electrons. The highest BCUT2D eigenvalue weighted by Crippen LogP contribution is 2.46. The Labute approximate surface area is 90.1 Å². The molecule has 2 aliphatic rings. The van der Waals surface area contributed by atoms with E-state index in [2.05, 4.69) is 12.1 Å². The smallest absolute Gasteiger partial charge is 0.0899 e. The number of nitrogens with two attached hydrogens (primary N) is 1. The first-order valence-corrected chi connectivity index (χ1v) is 5.77. The van der Waals surface area contributed by atoms with Crippen LogP contribution in [0.3, 0.4) is 0 Å². The molecule has 1 aromatic rings. The number of benzene rings is 1. The summed E-state index contributed by atoms with van der Waals surface area (Å²) in [6.45, 7) is 0. The molecule has 0 heterocycles. The van der Waals surface area contributed by atoms with Gasteiger partial charge in [-0.15, -0.1) is 0 Å². The van der Waals surface area contributed by atoms with E-state index in [1.54, 1.807) is 0 Å². The van der Waals surface area contributed by atoms with Crippen LogP contribution in [0.1, 0.15) is 42.9 Å². The number of aliphatic hydroxyl groups is 1. The first-order chi connectivity index (χ1) is 7.19. The second-order valence-electron chi connectivity index (χ2n) is 5.02. The molecule has 15 heavy (non-hydrogen) atoms. The van der Waals surface area contributed by atoms with Gasteiger partial charge in [-0.3, -0.25) is 0 Å². The summed E-state index contributed by atoms with van der Waals surface area (Å²) in [6, 6.07) is 8.42. The molecule has 1 aromatic carbocycles. The first kappa shape index (κ1) is 9.37. The van der Waals surface area contributed by atoms with Crippen LogP contribution in [0.15, 0.2) is 24.3 Å². The van der Waals surface area contributed by atoms with E-state index in [0.29, 0.717) is 5.92 Å². The molecule has 2 saturated carbocycles. The van der Waals surface area contributed by atoms with Gasteiger partial charge in [-0.1, -0.05) is 24.3 Å². The van der Waals surface area contributed by atoms with E-state index < -0.39 is 5.60 Å². The Morgan fingerprint density at radius 3 is 2.27 bits per heavy atom. The topological polar surface area (TPSA) is 46.2 Å². The van der Waals surface area contributed by atoms with Gasteiger partial charge in [0.1, 0.15) is 0 Å². The van der Waals surface area contributed by atoms with Crippen molar-refractivity contribution in [1.82, 2.24) is 0 Å². The van der Waals surface area contributed by atoms with Crippen LogP contribution in [0.25, 0.3) is 0 Å². The molecule has 1 atom stereocenters. The lowest BCUT2D eigenvalue weighted by molar-refractivity contribution is 0.151. The molecule has 2 nitrogen and oxygen atoms in total. The fraction of sp³-hybridized carbons (Fsp3) is 0.538. The third-order valence-corrected chi connectivity index (χ3v) is 3.69. The van der Waals surface area contributed by atoms with Crippen molar-refractivity contribution >= 4 is 0 Å². The Morgan fingerprint density at radius 2 is 1.80 bits per heavy atom. The predicted molar refractivity (Wildman–Crippen MR) is 59.2 cm³/mol. The molecule has 3 N–H and O–H groups in total. The van der Waals surface area contributed by atoms with Crippen LogP contribution in [0, 0.1) is 5.92 Å². The van der Waals surface area contributed by atoms with E-state index >= 15 is 0 Å². The molecule has 0 aromatic heterocycles. The highest BCUT2D eigenvalue weighted by molar-refractivity contribution is 5.32. The second-order valence-corrected chi connectivity index (χ2v) is 5.02. The molecule has 2 heteroatoms. The van der Waals surface area contributed by atoms with Crippen LogP contribution in [-0.4, -0.2) is 5.11 Å². The molecule has 1 unspecified atom stereocenters. The van der Waals surface area contributed by atoms with Crippen molar-refractivity contribution in [2.24, 2.45) is 11.7 Å². The summed E-state index contributed by atoms with van der Waals surface area (Å²) in [5.74, 6) is 0.694. The van der Waals surface area contributed by atoms with Crippen LogP contribution < -0.4 is 5.73 Å². The van der Waals surface area contributed by atoms with Crippen LogP contribution >= 0.6 is 0 Å². The van der Waals surface area contributed by atoms with Crippen LogP contribution in [0.5, 0.6) is 0 Å². The van der Waals surface area contributed by atoms with Crippen LogP contribution in [0.2, 0.25) is 0 Å². The highest BCUT2D eigenvalue weighted by atomic mass is 16.3. The van der Waals surface area contributed by atoms with Gasteiger partial charge in [-0.25, -0.2) is 0 Å². The summed E-state index contributed by atoms with van der Waals surface area (Å²) < 4.78 is 0. The van der Waals surface area contributed by atoms with Gasteiger partial charge in [0.25, 0.3) is 0 Å². The second kappa shape index (κ2) is 3.06. The Hall–Kier alpha value is -0.860.